The molecule has 3 rings (SSSR count). The first-order valence-electron chi connectivity index (χ1n) is 13.5. The van der Waals surface area contributed by atoms with Gasteiger partial charge in [-0.15, -0.1) is 0 Å². The number of hydrogen-bond acceptors (Lipinski definition) is 5. The number of nitrogens with zero attached hydrogens (tertiary/aromatic N) is 2. The lowest BCUT2D eigenvalue weighted by Gasteiger charge is -2.28. The molecule has 1 aromatic heterocycles. The normalized spacial score (nSPS) is 14.8. The quantitative estimate of drug-likeness (QED) is 0.348. The highest BCUT2D eigenvalue weighted by Gasteiger charge is 2.26. The van der Waals surface area contributed by atoms with Crippen LogP contribution in [0.4, 0.5) is 0 Å². The molecule has 6 heteroatoms. The van der Waals surface area contributed by atoms with Crippen LogP contribution in [0.3, 0.4) is 0 Å². The van der Waals surface area contributed by atoms with Crippen LogP contribution in [0.2, 0.25) is 0 Å². The van der Waals surface area contributed by atoms with Crippen molar-refractivity contribution in [3.63, 3.8) is 0 Å². The third-order valence-electron chi connectivity index (χ3n) is 7.05. The summed E-state index contributed by atoms with van der Waals surface area (Å²) in [6, 6.07) is 11.9. The molecule has 0 saturated heterocycles. The van der Waals surface area contributed by atoms with E-state index in [1.807, 2.05) is 42.4 Å². The number of hydrogen-bond donors (Lipinski definition) is 0. The van der Waals surface area contributed by atoms with Crippen LogP contribution in [0.5, 0.6) is 5.75 Å². The second-order valence-electron chi connectivity index (χ2n) is 9.89. The molecule has 1 amide bonds. The Hall–Kier alpha value is -2.89. The Balaban J connectivity index is 1.51. The van der Waals surface area contributed by atoms with Crippen LogP contribution >= 0.6 is 0 Å². The largest absolute Gasteiger partial charge is 0.493 e. The van der Waals surface area contributed by atoms with E-state index in [4.69, 9.17) is 9.47 Å². The fourth-order valence-corrected chi connectivity index (χ4v) is 4.82. The topological polar surface area (TPSA) is 68.7 Å². The average molecular weight is 495 g/mol. The van der Waals surface area contributed by atoms with Crippen LogP contribution < -0.4 is 4.74 Å². The minimum Gasteiger partial charge on any atom is -0.493 e. The number of aromatic nitrogens is 1. The molecule has 1 fully saturated rings. The number of ether oxygens (including phenoxy) is 2. The molecule has 6 nitrogen and oxygen atoms in total. The smallest absolute Gasteiger partial charge is 0.309 e. The van der Waals surface area contributed by atoms with Gasteiger partial charge in [0.15, 0.2) is 0 Å². The highest BCUT2D eigenvalue weighted by molar-refractivity contribution is 5.83. The maximum absolute atomic E-state index is 12.9. The molecule has 0 N–H and O–H groups in total. The Bertz CT molecular complexity index is 936. The molecule has 2 aromatic rings. The third-order valence-corrected chi connectivity index (χ3v) is 7.05. The van der Waals surface area contributed by atoms with E-state index in [1.54, 1.807) is 6.92 Å². The molecule has 1 aliphatic rings. The number of amides is 1. The molecular formula is C30H42N2O4. The molecule has 196 valence electrons. The maximum Gasteiger partial charge on any atom is 0.309 e. The summed E-state index contributed by atoms with van der Waals surface area (Å²) in [5.74, 6) is 0.570. The predicted molar refractivity (Wildman–Crippen MR) is 142 cm³/mol. The summed E-state index contributed by atoms with van der Waals surface area (Å²) < 4.78 is 11.2. The van der Waals surface area contributed by atoms with E-state index in [0.29, 0.717) is 25.6 Å². The monoisotopic (exact) mass is 494 g/mol. The average Bonchev–Trinajstić information content (AvgIpc) is 2.90. The second kappa shape index (κ2) is 14.6. The van der Waals surface area contributed by atoms with E-state index in [2.05, 4.69) is 24.0 Å². The van der Waals surface area contributed by atoms with Crippen LogP contribution in [0.25, 0.3) is 0 Å². The highest BCUT2D eigenvalue weighted by Crippen LogP contribution is 2.25. The van der Waals surface area contributed by atoms with Crippen LogP contribution in [0.1, 0.15) is 69.2 Å². The van der Waals surface area contributed by atoms with Gasteiger partial charge in [-0.1, -0.05) is 44.4 Å². The molecule has 1 heterocycles. The Labute approximate surface area is 216 Å². The van der Waals surface area contributed by atoms with Crippen molar-refractivity contribution in [2.45, 2.75) is 71.6 Å². The summed E-state index contributed by atoms with van der Waals surface area (Å²) in [5.41, 5.74) is 3.23. The van der Waals surface area contributed by atoms with E-state index in [1.165, 1.54) is 37.7 Å². The number of carbonyl (C=O) groups excluding carboxylic acids is 2. The van der Waals surface area contributed by atoms with E-state index in [9.17, 15) is 9.59 Å². The number of aryl methyl sites for hydroxylation is 1. The minimum absolute atomic E-state index is 0.0131. The summed E-state index contributed by atoms with van der Waals surface area (Å²) in [4.78, 5) is 31.9. The first-order valence-corrected chi connectivity index (χ1v) is 13.5. The van der Waals surface area contributed by atoms with Gasteiger partial charge in [0.05, 0.1) is 19.1 Å². The van der Waals surface area contributed by atoms with Crippen LogP contribution in [0.15, 0.2) is 42.6 Å². The molecule has 36 heavy (non-hydrogen) atoms. The van der Waals surface area contributed by atoms with Crippen molar-refractivity contribution in [2.24, 2.45) is 11.8 Å². The second-order valence-corrected chi connectivity index (χ2v) is 9.89. The van der Waals surface area contributed by atoms with Gasteiger partial charge < -0.3 is 14.4 Å². The Morgan fingerprint density at radius 1 is 1.03 bits per heavy atom. The van der Waals surface area contributed by atoms with E-state index in [-0.39, 0.29) is 18.3 Å². The Morgan fingerprint density at radius 2 is 1.75 bits per heavy atom. The summed E-state index contributed by atoms with van der Waals surface area (Å²) >= 11 is 0. The van der Waals surface area contributed by atoms with Gasteiger partial charge in [-0.05, 0) is 67.9 Å². The van der Waals surface area contributed by atoms with Gasteiger partial charge in [-0.2, -0.15) is 0 Å². The summed E-state index contributed by atoms with van der Waals surface area (Å²) in [6.45, 7) is 5.55. The first-order chi connectivity index (χ1) is 17.5. The van der Waals surface area contributed by atoms with Gasteiger partial charge >= 0.3 is 5.97 Å². The molecule has 1 atom stereocenters. The molecule has 1 saturated carbocycles. The number of benzene rings is 1. The molecule has 0 aliphatic heterocycles. The number of rotatable bonds is 13. The van der Waals surface area contributed by atoms with Gasteiger partial charge in [0.2, 0.25) is 5.91 Å². The number of pyridine rings is 1. The van der Waals surface area contributed by atoms with Crippen molar-refractivity contribution in [3.8, 4) is 5.75 Å². The fourth-order valence-electron chi connectivity index (χ4n) is 4.82. The maximum atomic E-state index is 12.9. The van der Waals surface area contributed by atoms with Crippen molar-refractivity contribution in [1.29, 1.82) is 0 Å². The molecule has 0 radical (unpaired) electrons. The zero-order valence-corrected chi connectivity index (χ0v) is 22.2. The first kappa shape index (κ1) is 27.7. The molecule has 1 unspecified atom stereocenters. The highest BCUT2D eigenvalue weighted by atomic mass is 16.5. The van der Waals surface area contributed by atoms with Gasteiger partial charge in [0, 0.05) is 38.3 Å². The summed E-state index contributed by atoms with van der Waals surface area (Å²) in [5, 5.41) is 0. The zero-order chi connectivity index (χ0) is 25.8. The van der Waals surface area contributed by atoms with Crippen LogP contribution in [0, 0.1) is 11.8 Å². The summed E-state index contributed by atoms with van der Waals surface area (Å²) in [6.07, 6.45) is 10.5. The Morgan fingerprint density at radius 3 is 2.39 bits per heavy atom. The van der Waals surface area contributed by atoms with Gasteiger partial charge in [0.25, 0.3) is 0 Å². The van der Waals surface area contributed by atoms with Crippen molar-refractivity contribution in [3.05, 3.63) is 59.4 Å². The molecular weight excluding hydrogens is 452 g/mol. The van der Waals surface area contributed by atoms with Crippen molar-refractivity contribution in [1.82, 2.24) is 9.88 Å². The van der Waals surface area contributed by atoms with E-state index in [0.717, 1.165) is 36.4 Å². The fraction of sp³-hybridized carbons (Fsp3) is 0.567. The molecule has 1 aliphatic carbocycles. The standard InChI is InChI=1S/C30H42N2O4/c1-4-23-11-14-27(31-21-23)17-18-36-28-15-12-24(13-16-28)19-26(30(34)35-5-2)20-29(33)32(3)22-25-9-7-6-8-10-25/h11-16,21,25-26H,4-10,17-20,22H2,1-3H3. The van der Waals surface area contributed by atoms with Crippen molar-refractivity contribution < 1.29 is 19.1 Å². The SMILES string of the molecule is CCOC(=O)C(CC(=O)N(C)CC1CCCCC1)Cc1ccc(OCCc2ccc(CC)cn2)cc1. The molecule has 0 spiro atoms. The number of carbonyl (C=O) groups is 2. The lowest BCUT2D eigenvalue weighted by molar-refractivity contribution is -0.151. The van der Waals surface area contributed by atoms with Crippen molar-refractivity contribution >= 4 is 11.9 Å². The van der Waals surface area contributed by atoms with Crippen molar-refractivity contribution in [2.75, 3.05) is 26.8 Å². The predicted octanol–water partition coefficient (Wildman–Crippen LogP) is 5.42. The van der Waals surface area contributed by atoms with Gasteiger partial charge in [-0.3, -0.25) is 14.6 Å². The van der Waals surface area contributed by atoms with Crippen LogP contribution in [-0.4, -0.2) is 48.6 Å². The summed E-state index contributed by atoms with van der Waals surface area (Å²) in [7, 11) is 1.86. The van der Waals surface area contributed by atoms with Crippen LogP contribution in [-0.2, 0) is 33.6 Å². The lowest BCUT2D eigenvalue weighted by atomic mass is 9.88. The number of esters is 1. The van der Waals surface area contributed by atoms with E-state index >= 15 is 0 Å². The van der Waals surface area contributed by atoms with Gasteiger partial charge in [0.1, 0.15) is 5.75 Å². The van der Waals surface area contributed by atoms with E-state index < -0.39 is 5.92 Å². The lowest BCUT2D eigenvalue weighted by Crippen LogP contribution is -2.35. The molecule has 1 aromatic carbocycles. The minimum atomic E-state index is -0.491. The zero-order valence-electron chi connectivity index (χ0n) is 22.2. The van der Waals surface area contributed by atoms with Gasteiger partial charge in [-0.25, -0.2) is 0 Å². The molecule has 0 bridgehead atoms. The third kappa shape index (κ3) is 8.96. The Kier molecular flexibility index (Phi) is 11.2.